The van der Waals surface area contributed by atoms with Crippen molar-refractivity contribution < 1.29 is 45.8 Å². The molecule has 10 nitrogen and oxygen atoms in total. The number of hydrogen-bond donors (Lipinski definition) is 3. The van der Waals surface area contributed by atoms with Gasteiger partial charge in [0.25, 0.3) is 5.91 Å². The molecule has 0 fully saturated rings. The zero-order valence-electron chi connectivity index (χ0n) is 24.4. The first-order valence-electron chi connectivity index (χ1n) is 13.8. The SMILES string of the molecule is CC[C@@H]1C[C@H](Nc2ncc(C(=O)N(C)CCC(=O)O)c(Cc3cc(C(F)(F)F)cc(C(F)(F)F)c3)n2)c2nc(OC)ccc2N1. The molecular formula is C29H30F6N6O4. The number of halogens is 6. The number of pyridine rings is 1. The lowest BCUT2D eigenvalue weighted by atomic mass is 9.95. The van der Waals surface area contributed by atoms with E-state index in [2.05, 4.69) is 25.6 Å². The number of carbonyl (C=O) groups is 2. The Kier molecular flexibility index (Phi) is 9.73. The zero-order chi connectivity index (χ0) is 33.1. The number of hydrogen-bond acceptors (Lipinski definition) is 8. The molecular weight excluding hydrogens is 610 g/mol. The minimum atomic E-state index is -5.07. The lowest BCUT2D eigenvalue weighted by Crippen LogP contribution is -2.32. The summed E-state index contributed by atoms with van der Waals surface area (Å²) in [5.74, 6) is -1.64. The fraction of sp³-hybridized carbons (Fsp3) is 0.414. The van der Waals surface area contributed by atoms with Gasteiger partial charge in [-0.3, -0.25) is 9.59 Å². The first-order valence-corrected chi connectivity index (χ1v) is 13.8. The van der Waals surface area contributed by atoms with Crippen LogP contribution in [0, 0.1) is 0 Å². The Hall–Kier alpha value is -4.63. The molecule has 16 heteroatoms. The monoisotopic (exact) mass is 640 g/mol. The molecule has 0 radical (unpaired) electrons. The Morgan fingerprint density at radius 1 is 1.09 bits per heavy atom. The van der Waals surface area contributed by atoms with Gasteiger partial charge in [-0.2, -0.15) is 26.3 Å². The normalized spacial score (nSPS) is 16.4. The number of anilines is 2. The van der Waals surface area contributed by atoms with Crippen molar-refractivity contribution in [1.29, 1.82) is 0 Å². The number of carbonyl (C=O) groups excluding carboxylic acids is 1. The third kappa shape index (κ3) is 8.10. The number of nitrogens with one attached hydrogen (secondary N) is 2. The summed E-state index contributed by atoms with van der Waals surface area (Å²) in [4.78, 5) is 38.5. The number of ether oxygens (including phenoxy) is 1. The third-order valence-corrected chi connectivity index (χ3v) is 7.24. The molecule has 0 saturated heterocycles. The van der Waals surface area contributed by atoms with Crippen molar-refractivity contribution in [2.75, 3.05) is 31.3 Å². The van der Waals surface area contributed by atoms with Gasteiger partial charge in [0.15, 0.2) is 0 Å². The van der Waals surface area contributed by atoms with Crippen LogP contribution in [0.5, 0.6) is 5.88 Å². The first kappa shape index (κ1) is 33.3. The molecule has 0 aliphatic carbocycles. The van der Waals surface area contributed by atoms with Crippen molar-refractivity contribution in [3.8, 4) is 5.88 Å². The Morgan fingerprint density at radius 3 is 2.33 bits per heavy atom. The molecule has 3 aromatic rings. The highest BCUT2D eigenvalue weighted by Crippen LogP contribution is 2.38. The van der Waals surface area contributed by atoms with Gasteiger partial charge in [-0.1, -0.05) is 6.92 Å². The van der Waals surface area contributed by atoms with Crippen LogP contribution in [0.15, 0.2) is 36.5 Å². The second-order valence-corrected chi connectivity index (χ2v) is 10.5. The Morgan fingerprint density at radius 2 is 1.76 bits per heavy atom. The molecule has 1 aliphatic heterocycles. The molecule has 2 aromatic heterocycles. The maximum absolute atomic E-state index is 13.6. The summed E-state index contributed by atoms with van der Waals surface area (Å²) in [5, 5.41) is 15.5. The highest BCUT2D eigenvalue weighted by molar-refractivity contribution is 5.95. The summed E-state index contributed by atoms with van der Waals surface area (Å²) in [5.41, 5.74) is -2.49. The van der Waals surface area contributed by atoms with Gasteiger partial charge in [0, 0.05) is 38.3 Å². The average Bonchev–Trinajstić information content (AvgIpc) is 2.98. The molecule has 3 N–H and O–H groups in total. The summed E-state index contributed by atoms with van der Waals surface area (Å²) in [7, 11) is 2.77. The van der Waals surface area contributed by atoms with Crippen molar-refractivity contribution >= 4 is 23.5 Å². The number of aliphatic carboxylic acids is 1. The van der Waals surface area contributed by atoms with Gasteiger partial charge in [-0.15, -0.1) is 0 Å². The Labute approximate surface area is 253 Å². The van der Waals surface area contributed by atoms with Crippen molar-refractivity contribution in [2.24, 2.45) is 0 Å². The minimum absolute atomic E-state index is 0.0161. The van der Waals surface area contributed by atoms with E-state index in [1.165, 1.54) is 14.2 Å². The first-order chi connectivity index (χ1) is 21.1. The van der Waals surface area contributed by atoms with E-state index >= 15 is 0 Å². The number of fused-ring (bicyclic) bond motifs is 1. The van der Waals surface area contributed by atoms with Crippen LogP contribution in [0.25, 0.3) is 0 Å². The molecule has 4 rings (SSSR count). The lowest BCUT2D eigenvalue weighted by Gasteiger charge is -2.32. The molecule has 1 aromatic carbocycles. The molecule has 0 spiro atoms. The topological polar surface area (TPSA) is 130 Å². The summed E-state index contributed by atoms with van der Waals surface area (Å²) in [6, 6.07) is 4.18. The minimum Gasteiger partial charge on any atom is -0.481 e. The maximum atomic E-state index is 13.6. The largest absolute Gasteiger partial charge is 0.481 e. The summed E-state index contributed by atoms with van der Waals surface area (Å²) in [6.45, 7) is 1.77. The van der Waals surface area contributed by atoms with Crippen LogP contribution in [-0.2, 0) is 23.6 Å². The lowest BCUT2D eigenvalue weighted by molar-refractivity contribution is -0.143. The molecule has 242 valence electrons. The molecule has 3 heterocycles. The second-order valence-electron chi connectivity index (χ2n) is 10.5. The molecule has 1 aliphatic rings. The summed E-state index contributed by atoms with van der Waals surface area (Å²) in [6.07, 6.45) is -8.75. The van der Waals surface area contributed by atoms with Crippen LogP contribution >= 0.6 is 0 Å². The maximum Gasteiger partial charge on any atom is 0.416 e. The van der Waals surface area contributed by atoms with Crippen LogP contribution in [0.4, 0.5) is 38.0 Å². The number of methoxy groups -OCH3 is 1. The number of benzene rings is 1. The van der Waals surface area contributed by atoms with Gasteiger partial charge in [-0.25, -0.2) is 15.0 Å². The van der Waals surface area contributed by atoms with Crippen molar-refractivity contribution in [1.82, 2.24) is 19.9 Å². The number of alkyl halides is 6. The number of carboxylic acids is 1. The van der Waals surface area contributed by atoms with E-state index in [-0.39, 0.29) is 35.9 Å². The molecule has 45 heavy (non-hydrogen) atoms. The van der Waals surface area contributed by atoms with E-state index in [9.17, 15) is 35.9 Å². The van der Waals surface area contributed by atoms with Crippen molar-refractivity contribution in [2.45, 2.75) is 57.0 Å². The van der Waals surface area contributed by atoms with Crippen LogP contribution in [-0.4, -0.2) is 63.6 Å². The second kappa shape index (κ2) is 13.2. The Bertz CT molecular complexity index is 1530. The quantitative estimate of drug-likeness (QED) is 0.236. The van der Waals surface area contributed by atoms with E-state index in [1.807, 2.05) is 6.92 Å². The fourth-order valence-corrected chi connectivity index (χ4v) is 4.87. The highest BCUT2D eigenvalue weighted by Gasteiger charge is 2.37. The van der Waals surface area contributed by atoms with Gasteiger partial charge in [0.05, 0.1) is 53.3 Å². The smallest absolute Gasteiger partial charge is 0.416 e. The van der Waals surface area contributed by atoms with Crippen LogP contribution in [0.1, 0.15) is 70.7 Å². The molecule has 0 saturated carbocycles. The molecule has 0 unspecified atom stereocenters. The number of carboxylic acid groups (broad SMARTS) is 1. The number of aromatic nitrogens is 3. The predicted octanol–water partition coefficient (Wildman–Crippen LogP) is 5.80. The highest BCUT2D eigenvalue weighted by atomic mass is 19.4. The summed E-state index contributed by atoms with van der Waals surface area (Å²) < 4.78 is 86.7. The number of amides is 1. The van der Waals surface area contributed by atoms with Crippen LogP contribution < -0.4 is 15.4 Å². The van der Waals surface area contributed by atoms with Gasteiger partial charge in [0.1, 0.15) is 0 Å². The van der Waals surface area contributed by atoms with Gasteiger partial charge >= 0.3 is 18.3 Å². The van der Waals surface area contributed by atoms with E-state index in [0.717, 1.165) is 23.2 Å². The zero-order valence-corrected chi connectivity index (χ0v) is 24.4. The molecule has 2 atom stereocenters. The standard InChI is InChI=1S/C29H30F6N6O4/c1-4-18-13-22(25-20(37-18)5-6-23(40-25)45-3)39-27-36-14-19(26(44)41(2)8-7-24(42)43)21(38-27)11-15-9-16(28(30,31)32)12-17(10-15)29(33,34)35/h5-6,9-10,12,14,18,22,37H,4,7-8,11,13H2,1-3H3,(H,42,43)(H,36,38,39)/t18-,22+/m1/s1. The number of nitrogens with zero attached hydrogens (tertiary/aromatic N) is 4. The van der Waals surface area contributed by atoms with E-state index in [0.29, 0.717) is 30.1 Å². The predicted molar refractivity (Wildman–Crippen MR) is 150 cm³/mol. The van der Waals surface area contributed by atoms with Gasteiger partial charge < -0.3 is 25.4 Å². The van der Waals surface area contributed by atoms with Crippen molar-refractivity contribution in [3.05, 3.63) is 70.2 Å². The summed E-state index contributed by atoms with van der Waals surface area (Å²) >= 11 is 0. The Balaban J connectivity index is 1.77. The van der Waals surface area contributed by atoms with E-state index in [4.69, 9.17) is 9.84 Å². The van der Waals surface area contributed by atoms with Crippen LogP contribution in [0.2, 0.25) is 0 Å². The average molecular weight is 641 g/mol. The van der Waals surface area contributed by atoms with Gasteiger partial charge in [0.2, 0.25) is 11.8 Å². The molecule has 0 bridgehead atoms. The third-order valence-electron chi connectivity index (χ3n) is 7.24. The number of rotatable bonds is 10. The fourth-order valence-electron chi connectivity index (χ4n) is 4.87. The van der Waals surface area contributed by atoms with E-state index in [1.54, 1.807) is 12.1 Å². The molecule has 1 amide bonds. The van der Waals surface area contributed by atoms with Crippen LogP contribution in [0.3, 0.4) is 0 Å². The van der Waals surface area contributed by atoms with E-state index < -0.39 is 59.8 Å². The van der Waals surface area contributed by atoms with Crippen molar-refractivity contribution in [3.63, 3.8) is 0 Å². The van der Waals surface area contributed by atoms with Gasteiger partial charge in [-0.05, 0) is 42.7 Å².